The van der Waals surface area contributed by atoms with Gasteiger partial charge in [-0.25, -0.2) is 24.0 Å². The molecule has 15 heterocycles. The van der Waals surface area contributed by atoms with Crippen molar-refractivity contribution in [1.82, 2.24) is 56.4 Å². The van der Waals surface area contributed by atoms with Crippen LogP contribution in [0.4, 0.5) is 24.0 Å². The van der Waals surface area contributed by atoms with Crippen LogP contribution < -0.4 is 31.9 Å². The number of hydrogen-bond donors (Lipinski definition) is 6. The number of hydrogen-bond acceptors (Lipinski definition) is 22. The van der Waals surface area contributed by atoms with Crippen molar-refractivity contribution in [3.05, 3.63) is 216 Å². The van der Waals surface area contributed by atoms with E-state index in [1.54, 1.807) is 4.90 Å². The Hall–Kier alpha value is -14.1. The molecule has 768 valence electrons. The molecule has 6 aromatic carbocycles. The van der Waals surface area contributed by atoms with Crippen LogP contribution in [0.15, 0.2) is 213 Å². The fourth-order valence-corrected chi connectivity index (χ4v) is 23.9. The van der Waals surface area contributed by atoms with Gasteiger partial charge in [-0.3, -0.25) is 59.3 Å². The van der Waals surface area contributed by atoms with Gasteiger partial charge in [0.15, 0.2) is 0 Å². The summed E-state index contributed by atoms with van der Waals surface area (Å²) in [5.41, 5.74) is 26.3. The quantitative estimate of drug-likeness (QED) is 0.0365. The Bertz CT molecular complexity index is 6400. The Morgan fingerprint density at radius 1 is 0.333 bits per heavy atom. The van der Waals surface area contributed by atoms with E-state index in [-0.39, 0.29) is 84.1 Å². The first kappa shape index (κ1) is 102. The third kappa shape index (κ3) is 22.7. The molecule has 31 nitrogen and oxygen atoms in total. The van der Waals surface area contributed by atoms with Crippen molar-refractivity contribution in [2.24, 2.45) is 35.9 Å². The minimum Gasteiger partial charge on any atom is -0.453 e. The molecule has 6 aromatic rings. The maximum absolute atomic E-state index is 13.6. The standard InChI is InChI=1S/C42H50N6O6.C39H46N6O5.C35H39N5O3/c1-25(2)38(46-42(52)54-4)40(50)47-20-6-9-36(47)34-21-30(23-43-34)28-14-10-26(11-15-28)27-12-16-29(17-13-27)31-22-35(44-24-31)37-19-18-32-7-5-8-33(39(49)48(32)37)45-41(51)53-3;1-39(2,3)50-38(48)44-19-18-40-35(44)33-21-29(23-42-33)27-14-10-25(11-15-27)24-8-12-26(13-9-24)28-20-32(41-22-28)34-17-16-30-6-5-7-31(36(46)45(30)34)43-37(47)49-4;1-43-35(42)39-30-5-2-4-28-15-16-33(40(28)34(30)41)32-19-27(21-38-32)25-13-9-23(10-14-25)22-7-11-24(12-8-22)26-18-31(37-20-26)29-6-3-17-36-29/h10-17,23-25,32-33,36-38H,5-9,18-22H2,1-4H3,(H,45,51)(H,46,52);8-15,22-23,30-31,34-35,40H,5-7,16-21H2,1-4H3,(H,43,47);7-14,20-21,28-30,33,36H,2-6,15-19H2,1H3,(H,39,42)/t32-,33+,36+,37+,38+;30-,31+,34+,35-;28-,29+,30+,33+/m111/s1. The largest absolute Gasteiger partial charge is 0.453 e. The van der Waals surface area contributed by atoms with Gasteiger partial charge in [0, 0.05) is 148 Å². The highest BCUT2D eigenvalue weighted by atomic mass is 16.6. The molecule has 31 heteroatoms. The number of alkyl carbamates (subject to hydrolysis) is 4. The SMILES string of the molecule is COC(=O)N[C@H]1CCC[C@@H]2CC[C@@H](C3=NC=C(c4ccc(-c5ccc(C6=CN=C([C@@H]7CCCN7)C6)cc5)cc4)C3)N2C1=O.COC(=O)N[C@H]1CCC[C@@H]2CC[C@@H](C3=NC=C(c4ccc(-c5ccc(C6=CN=C([C@@H]7CCCN7C(=O)[C@@H](NC(=O)OC)C(C)C)C6)cc5)cc4)C3)N2C1=O.COC(=O)N[C@H]1CCC[C@@H]2CC[C@@H](C3=NC=C(c4ccc(-c5ccc(C6=CN=C([C@@H]7NCCN7C(=O)OC(C)(C)C)C6)cc5)cc4)C3)N2C1=O. The van der Waals surface area contributed by atoms with E-state index in [1.165, 1.54) is 74.8 Å². The zero-order valence-corrected chi connectivity index (χ0v) is 85.5. The number of allylic oxidation sites excluding steroid dienone is 6. The summed E-state index contributed by atoms with van der Waals surface area (Å²) >= 11 is 0. The number of ether oxygens (including phenoxy) is 5. The lowest BCUT2D eigenvalue weighted by Gasteiger charge is -2.31. The molecule has 0 saturated carbocycles. The van der Waals surface area contributed by atoms with Gasteiger partial charge in [0.1, 0.15) is 35.9 Å². The number of carbonyl (C=O) groups excluding carboxylic acids is 9. The van der Waals surface area contributed by atoms with Gasteiger partial charge in [-0.05, 0) is 255 Å². The van der Waals surface area contributed by atoms with Crippen molar-refractivity contribution in [3.8, 4) is 33.4 Å². The number of aliphatic imine (C=N–C) groups is 6. The van der Waals surface area contributed by atoms with Crippen LogP contribution in [0.25, 0.3) is 66.8 Å². The van der Waals surface area contributed by atoms with E-state index in [9.17, 15) is 43.2 Å². The minimum atomic E-state index is -0.654. The van der Waals surface area contributed by atoms with Crippen LogP contribution in [-0.2, 0) is 42.9 Å². The van der Waals surface area contributed by atoms with E-state index in [1.807, 2.05) is 91.4 Å². The number of amides is 9. The molecule has 15 aliphatic rings. The topological polar surface area (TPSA) is 362 Å². The van der Waals surface area contributed by atoms with Crippen molar-refractivity contribution >= 4 is 122 Å². The van der Waals surface area contributed by atoms with Gasteiger partial charge in [-0.2, -0.15) is 0 Å². The van der Waals surface area contributed by atoms with E-state index in [0.29, 0.717) is 70.6 Å². The molecule has 0 unspecified atom stereocenters. The number of benzene rings is 6. The number of methoxy groups -OCH3 is 4. The lowest BCUT2D eigenvalue weighted by Crippen LogP contribution is -2.53. The van der Waals surface area contributed by atoms with Gasteiger partial charge >= 0.3 is 30.5 Å². The summed E-state index contributed by atoms with van der Waals surface area (Å²) < 4.78 is 24.7. The Kier molecular flexibility index (Phi) is 31.2. The zero-order valence-electron chi connectivity index (χ0n) is 85.5. The fraction of sp³-hybridized carbons (Fsp3) is 0.457. The zero-order chi connectivity index (χ0) is 102. The van der Waals surface area contributed by atoms with Crippen molar-refractivity contribution in [3.63, 3.8) is 0 Å². The highest BCUT2D eigenvalue weighted by molar-refractivity contribution is 6.09. The number of nitrogens with one attached hydrogen (secondary N) is 6. The first-order valence-corrected chi connectivity index (χ1v) is 52.6. The first-order valence-electron chi connectivity index (χ1n) is 52.6. The molecule has 13 atom stereocenters. The summed E-state index contributed by atoms with van der Waals surface area (Å²) in [6.45, 7) is 12.5. The van der Waals surface area contributed by atoms with E-state index in [4.69, 9.17) is 53.6 Å². The maximum atomic E-state index is 13.6. The molecule has 0 radical (unpaired) electrons. The molecule has 9 saturated heterocycles. The fourth-order valence-electron chi connectivity index (χ4n) is 23.9. The summed E-state index contributed by atoms with van der Waals surface area (Å²) in [7, 11) is 5.27. The van der Waals surface area contributed by atoms with Gasteiger partial charge in [-0.1, -0.05) is 159 Å². The lowest BCUT2D eigenvalue weighted by molar-refractivity contribution is -0.135. The third-order valence-corrected chi connectivity index (χ3v) is 31.6. The Labute approximate surface area is 859 Å². The monoisotopic (exact) mass is 1990 g/mol. The molecular weight excluding hydrogens is 1860 g/mol. The summed E-state index contributed by atoms with van der Waals surface area (Å²) in [6, 6.07) is 50.2. The molecule has 6 N–H and O–H groups in total. The van der Waals surface area contributed by atoms with Crippen molar-refractivity contribution in [1.29, 1.82) is 0 Å². The Morgan fingerprint density at radius 2 is 0.646 bits per heavy atom. The second kappa shape index (κ2) is 45.1. The Morgan fingerprint density at radius 3 is 0.966 bits per heavy atom. The summed E-state index contributed by atoms with van der Waals surface area (Å²) in [4.78, 5) is 153. The van der Waals surface area contributed by atoms with E-state index in [2.05, 4.69) is 177 Å². The summed E-state index contributed by atoms with van der Waals surface area (Å²) in [5.74, 6) is -0.246. The van der Waals surface area contributed by atoms with Crippen molar-refractivity contribution < 1.29 is 66.8 Å². The van der Waals surface area contributed by atoms with Crippen LogP contribution in [0.2, 0.25) is 0 Å². The molecule has 21 rings (SSSR count). The smallest absolute Gasteiger partial charge is 0.411 e. The average Bonchev–Trinajstić information content (AvgIpc) is 1.64. The minimum absolute atomic E-state index is 0.00932. The predicted octanol–water partition coefficient (Wildman–Crippen LogP) is 18.3. The third-order valence-electron chi connectivity index (χ3n) is 31.6. The molecule has 0 aliphatic carbocycles. The molecule has 147 heavy (non-hydrogen) atoms. The van der Waals surface area contributed by atoms with Crippen LogP contribution in [0.5, 0.6) is 0 Å². The molecule has 15 aliphatic heterocycles. The number of likely N-dealkylation sites (tertiary alicyclic amines) is 1. The van der Waals surface area contributed by atoms with Gasteiger partial charge in [0.2, 0.25) is 23.6 Å². The van der Waals surface area contributed by atoms with Crippen LogP contribution in [-0.4, -0.2) is 252 Å². The van der Waals surface area contributed by atoms with Gasteiger partial charge in [-0.15, -0.1) is 0 Å². The second-order valence-electron chi connectivity index (χ2n) is 42.2. The second-order valence-corrected chi connectivity index (χ2v) is 42.2. The molecule has 0 aromatic heterocycles. The molecular formula is C116H135N17O14. The van der Waals surface area contributed by atoms with E-state index in [0.717, 1.165) is 210 Å². The van der Waals surface area contributed by atoms with Crippen molar-refractivity contribution in [2.45, 2.75) is 279 Å². The van der Waals surface area contributed by atoms with Crippen LogP contribution in [0.1, 0.15) is 229 Å². The first-order chi connectivity index (χ1) is 71.3. The summed E-state index contributed by atoms with van der Waals surface area (Å²) in [6.07, 6.45) is 30.4. The Balaban J connectivity index is 0.000000140. The molecule has 9 fully saturated rings. The number of fused-ring (bicyclic) bond motifs is 3. The van der Waals surface area contributed by atoms with Crippen LogP contribution in [0.3, 0.4) is 0 Å². The lowest BCUT2D eigenvalue weighted by atomic mass is 9.94. The number of nitrogens with zero attached hydrogens (tertiary/aromatic N) is 11. The van der Waals surface area contributed by atoms with Gasteiger partial charge < -0.3 is 69.9 Å². The molecule has 0 spiro atoms. The highest BCUT2D eigenvalue weighted by Gasteiger charge is 2.49. The number of carbonyl (C=O) groups is 9. The molecule has 9 amide bonds. The van der Waals surface area contributed by atoms with Gasteiger partial charge in [0.25, 0.3) is 0 Å². The van der Waals surface area contributed by atoms with Gasteiger partial charge in [0.05, 0.1) is 58.3 Å². The maximum Gasteiger partial charge on any atom is 0.411 e. The summed E-state index contributed by atoms with van der Waals surface area (Å²) in [5, 5.41) is 17.9. The number of rotatable bonds is 21. The highest BCUT2D eigenvalue weighted by Crippen LogP contribution is 2.44. The van der Waals surface area contributed by atoms with Crippen LogP contribution >= 0.6 is 0 Å². The average molecular weight is 1990 g/mol. The molecule has 0 bridgehead atoms. The normalized spacial score (nSPS) is 25.3. The van der Waals surface area contributed by atoms with E-state index >= 15 is 0 Å². The van der Waals surface area contributed by atoms with E-state index < -0.39 is 54.1 Å². The van der Waals surface area contributed by atoms with Crippen LogP contribution in [0, 0.1) is 5.92 Å². The predicted molar refractivity (Wildman–Crippen MR) is 571 cm³/mol. The van der Waals surface area contributed by atoms with Crippen molar-refractivity contribution in [2.75, 3.05) is 54.6 Å².